The van der Waals surface area contributed by atoms with Crippen molar-refractivity contribution in [1.82, 2.24) is 4.90 Å². The normalized spacial score (nSPS) is 19.3. The van der Waals surface area contributed by atoms with E-state index in [9.17, 15) is 9.90 Å². The van der Waals surface area contributed by atoms with Crippen LogP contribution in [0.3, 0.4) is 0 Å². The van der Waals surface area contributed by atoms with E-state index in [1.54, 1.807) is 11.8 Å². The summed E-state index contributed by atoms with van der Waals surface area (Å²) in [5, 5.41) is 10.3. The van der Waals surface area contributed by atoms with E-state index in [-0.39, 0.29) is 6.04 Å². The summed E-state index contributed by atoms with van der Waals surface area (Å²) in [5.74, 6) is -0.750. The van der Waals surface area contributed by atoms with Crippen molar-refractivity contribution in [3.63, 3.8) is 0 Å². The largest absolute Gasteiger partial charge is 0.480 e. The number of carboxylic acids is 1. The van der Waals surface area contributed by atoms with E-state index < -0.39 is 12.0 Å². The van der Waals surface area contributed by atoms with Gasteiger partial charge in [-0.2, -0.15) is 0 Å². The topological polar surface area (TPSA) is 40.5 Å². The molecule has 0 aromatic heterocycles. The molecule has 0 amide bonds. The zero-order valence-electron chi connectivity index (χ0n) is 13.5. The molecule has 24 heavy (non-hydrogen) atoms. The molecule has 1 fully saturated rings. The molecule has 0 bridgehead atoms. The van der Waals surface area contributed by atoms with Gasteiger partial charge >= 0.3 is 5.97 Å². The third-order valence-corrected chi connectivity index (χ3v) is 5.49. The van der Waals surface area contributed by atoms with Gasteiger partial charge in [0.05, 0.1) is 6.04 Å². The Hall–Kier alpha value is -1.49. The second kappa shape index (κ2) is 7.60. The molecule has 0 spiro atoms. The number of halogens is 1. The molecule has 1 N–H and O–H groups in total. The third-order valence-electron chi connectivity index (χ3n) is 4.51. The Labute approximate surface area is 151 Å². The minimum Gasteiger partial charge on any atom is -0.480 e. The van der Waals surface area contributed by atoms with Crippen molar-refractivity contribution in [2.75, 3.05) is 12.8 Å². The molecule has 3 rings (SSSR count). The molecule has 1 heterocycles. The van der Waals surface area contributed by atoms with Gasteiger partial charge in [0.1, 0.15) is 6.04 Å². The zero-order valence-corrected chi connectivity index (χ0v) is 15.1. The maximum atomic E-state index is 11.7. The zero-order chi connectivity index (χ0) is 17.1. The quantitative estimate of drug-likeness (QED) is 0.783. The summed E-state index contributed by atoms with van der Waals surface area (Å²) in [7, 11) is 0. The van der Waals surface area contributed by atoms with Crippen molar-refractivity contribution in [3.8, 4) is 0 Å². The number of hydrogen-bond donors (Lipinski definition) is 1. The molecule has 2 aromatic carbocycles. The Balaban J connectivity index is 2.04. The van der Waals surface area contributed by atoms with Crippen molar-refractivity contribution in [2.24, 2.45) is 0 Å². The van der Waals surface area contributed by atoms with Gasteiger partial charge in [0, 0.05) is 16.5 Å². The first-order chi connectivity index (χ1) is 11.6. The van der Waals surface area contributed by atoms with Gasteiger partial charge in [-0.1, -0.05) is 35.9 Å². The average Bonchev–Trinajstić information content (AvgIpc) is 3.05. The van der Waals surface area contributed by atoms with Crippen molar-refractivity contribution >= 4 is 29.3 Å². The SMILES string of the molecule is CSc1ccc(C(c2cccc(Cl)c2)N2CCCC2C(=O)O)cc1. The predicted molar refractivity (Wildman–Crippen MR) is 98.9 cm³/mol. The monoisotopic (exact) mass is 361 g/mol. The lowest BCUT2D eigenvalue weighted by Crippen LogP contribution is -2.39. The molecule has 126 valence electrons. The van der Waals surface area contributed by atoms with Crippen molar-refractivity contribution in [3.05, 3.63) is 64.7 Å². The van der Waals surface area contributed by atoms with Crippen LogP contribution in [0.25, 0.3) is 0 Å². The number of carbonyl (C=O) groups is 1. The van der Waals surface area contributed by atoms with Gasteiger partial charge < -0.3 is 5.11 Å². The fraction of sp³-hybridized carbons (Fsp3) is 0.316. The Morgan fingerprint density at radius 1 is 1.25 bits per heavy atom. The second-order valence-corrected chi connectivity index (χ2v) is 7.28. The standard InChI is InChI=1S/C19H20ClNO2S/c1-24-16-9-7-13(8-10-16)18(14-4-2-5-15(20)12-14)21-11-3-6-17(21)19(22)23/h2,4-5,7-10,12,17-18H,3,6,11H2,1H3,(H,22,23). The molecule has 2 aromatic rings. The van der Waals surface area contributed by atoms with E-state index in [2.05, 4.69) is 29.2 Å². The smallest absolute Gasteiger partial charge is 0.320 e. The first-order valence-corrected chi connectivity index (χ1v) is 9.58. The predicted octanol–water partition coefficient (Wildman–Crippen LogP) is 4.70. The highest BCUT2D eigenvalue weighted by Gasteiger charge is 2.36. The molecule has 2 unspecified atom stereocenters. The molecule has 1 aliphatic rings. The molecule has 1 saturated heterocycles. The minimum atomic E-state index is -0.750. The van der Waals surface area contributed by atoms with E-state index >= 15 is 0 Å². The van der Waals surface area contributed by atoms with Gasteiger partial charge in [-0.3, -0.25) is 9.69 Å². The number of benzene rings is 2. The lowest BCUT2D eigenvalue weighted by Gasteiger charge is -2.32. The van der Waals surface area contributed by atoms with Crippen LogP contribution >= 0.6 is 23.4 Å². The summed E-state index contributed by atoms with van der Waals surface area (Å²) in [6.07, 6.45) is 3.64. The summed E-state index contributed by atoms with van der Waals surface area (Å²) in [5.41, 5.74) is 2.13. The second-order valence-electron chi connectivity index (χ2n) is 5.96. The summed E-state index contributed by atoms with van der Waals surface area (Å²) in [6.45, 7) is 0.776. The highest BCUT2D eigenvalue weighted by molar-refractivity contribution is 7.98. The average molecular weight is 362 g/mol. The van der Waals surface area contributed by atoms with Crippen molar-refractivity contribution in [1.29, 1.82) is 0 Å². The van der Waals surface area contributed by atoms with Gasteiger partial charge in [-0.05, 0) is 54.5 Å². The third kappa shape index (κ3) is 3.61. The maximum Gasteiger partial charge on any atom is 0.320 e. The van der Waals surface area contributed by atoms with Gasteiger partial charge in [0.25, 0.3) is 0 Å². The Kier molecular flexibility index (Phi) is 5.49. The number of carboxylic acid groups (broad SMARTS) is 1. The number of aliphatic carboxylic acids is 1. The summed E-state index contributed by atoms with van der Waals surface area (Å²) in [4.78, 5) is 15.0. The molecule has 0 aliphatic carbocycles. The Morgan fingerprint density at radius 2 is 2.00 bits per heavy atom. The maximum absolute atomic E-state index is 11.7. The van der Waals surface area contributed by atoms with Gasteiger partial charge in [0.2, 0.25) is 0 Å². The van der Waals surface area contributed by atoms with Crippen LogP contribution in [0.5, 0.6) is 0 Å². The van der Waals surface area contributed by atoms with Crippen LogP contribution in [0.2, 0.25) is 5.02 Å². The van der Waals surface area contributed by atoms with Gasteiger partial charge in [0.15, 0.2) is 0 Å². The summed E-state index contributed by atoms with van der Waals surface area (Å²) in [6, 6.07) is 15.5. The fourth-order valence-corrected chi connectivity index (χ4v) is 4.01. The highest BCUT2D eigenvalue weighted by Crippen LogP contribution is 2.36. The molecular formula is C19H20ClNO2S. The lowest BCUT2D eigenvalue weighted by molar-refractivity contribution is -0.142. The van der Waals surface area contributed by atoms with Crippen LogP contribution in [0.4, 0.5) is 0 Å². The Morgan fingerprint density at radius 3 is 2.62 bits per heavy atom. The molecular weight excluding hydrogens is 342 g/mol. The van der Waals surface area contributed by atoms with Crippen LogP contribution in [0, 0.1) is 0 Å². The number of hydrogen-bond acceptors (Lipinski definition) is 3. The summed E-state index contributed by atoms with van der Waals surface area (Å²) >= 11 is 7.89. The van der Waals surface area contributed by atoms with E-state index in [1.807, 2.05) is 30.5 Å². The molecule has 2 atom stereocenters. The van der Waals surface area contributed by atoms with Crippen LogP contribution in [-0.4, -0.2) is 34.8 Å². The molecule has 5 heteroatoms. The van der Waals surface area contributed by atoms with Crippen LogP contribution in [-0.2, 0) is 4.79 Å². The van der Waals surface area contributed by atoms with E-state index in [1.165, 1.54) is 4.90 Å². The summed E-state index contributed by atoms with van der Waals surface area (Å²) < 4.78 is 0. The number of likely N-dealkylation sites (tertiary alicyclic amines) is 1. The lowest BCUT2D eigenvalue weighted by atomic mass is 9.96. The minimum absolute atomic E-state index is 0.0943. The first kappa shape index (κ1) is 17.3. The fourth-order valence-electron chi connectivity index (χ4n) is 3.40. The number of nitrogens with zero attached hydrogens (tertiary/aromatic N) is 1. The van der Waals surface area contributed by atoms with Crippen LogP contribution < -0.4 is 0 Å². The Bertz CT molecular complexity index is 720. The first-order valence-electron chi connectivity index (χ1n) is 7.98. The highest BCUT2D eigenvalue weighted by atomic mass is 35.5. The van der Waals surface area contributed by atoms with E-state index in [0.717, 1.165) is 24.1 Å². The molecule has 0 saturated carbocycles. The molecule has 0 radical (unpaired) electrons. The van der Waals surface area contributed by atoms with Gasteiger partial charge in [-0.15, -0.1) is 11.8 Å². The van der Waals surface area contributed by atoms with Crippen LogP contribution in [0.15, 0.2) is 53.4 Å². The van der Waals surface area contributed by atoms with E-state index in [0.29, 0.717) is 11.4 Å². The molecule has 3 nitrogen and oxygen atoms in total. The van der Waals surface area contributed by atoms with E-state index in [4.69, 9.17) is 11.6 Å². The van der Waals surface area contributed by atoms with Crippen molar-refractivity contribution in [2.45, 2.75) is 29.8 Å². The van der Waals surface area contributed by atoms with Crippen molar-refractivity contribution < 1.29 is 9.90 Å². The number of rotatable bonds is 5. The van der Waals surface area contributed by atoms with Gasteiger partial charge in [-0.25, -0.2) is 0 Å². The molecule has 1 aliphatic heterocycles. The van der Waals surface area contributed by atoms with Crippen LogP contribution in [0.1, 0.15) is 30.0 Å². The number of thioether (sulfide) groups is 1.